The summed E-state index contributed by atoms with van der Waals surface area (Å²) in [5, 5.41) is 3.59. The Labute approximate surface area is 217 Å². The standard InChI is InChI=1S/C24H31Cl2N3O5S/c1-5-27-24(31)17(2)28(16-18-8-10-19(25)11-9-18)23(30)7-6-14-29(35(4,32)33)20-12-13-22(34-3)21(26)15-20/h8-13,15,17H,5-7,14,16H2,1-4H3,(H,27,31)/t17-/m0/s1. The van der Waals surface area contributed by atoms with Crippen molar-refractivity contribution in [3.05, 3.63) is 58.1 Å². The number of ether oxygens (including phenoxy) is 1. The maximum Gasteiger partial charge on any atom is 0.242 e. The summed E-state index contributed by atoms with van der Waals surface area (Å²) in [6, 6.07) is 11.0. The van der Waals surface area contributed by atoms with Gasteiger partial charge in [0.1, 0.15) is 11.8 Å². The Kier molecular flexibility index (Phi) is 10.7. The monoisotopic (exact) mass is 543 g/mol. The highest BCUT2D eigenvalue weighted by atomic mass is 35.5. The van der Waals surface area contributed by atoms with E-state index in [0.29, 0.717) is 23.0 Å². The van der Waals surface area contributed by atoms with Crippen molar-refractivity contribution in [3.8, 4) is 5.75 Å². The number of carbonyl (C=O) groups excluding carboxylic acids is 2. The molecule has 0 saturated heterocycles. The van der Waals surface area contributed by atoms with Crippen molar-refractivity contribution in [2.75, 3.05) is 30.8 Å². The van der Waals surface area contributed by atoms with Crippen molar-refractivity contribution in [2.45, 2.75) is 39.3 Å². The van der Waals surface area contributed by atoms with E-state index in [2.05, 4.69) is 5.32 Å². The maximum atomic E-state index is 13.2. The van der Waals surface area contributed by atoms with Gasteiger partial charge >= 0.3 is 0 Å². The summed E-state index contributed by atoms with van der Waals surface area (Å²) < 4.78 is 31.2. The molecule has 0 aliphatic carbocycles. The zero-order chi connectivity index (χ0) is 26.2. The first-order valence-electron chi connectivity index (χ1n) is 11.1. The van der Waals surface area contributed by atoms with E-state index in [1.807, 2.05) is 0 Å². The summed E-state index contributed by atoms with van der Waals surface area (Å²) in [7, 11) is -2.16. The minimum atomic E-state index is -3.63. The Morgan fingerprint density at radius 1 is 1.11 bits per heavy atom. The number of rotatable bonds is 12. The van der Waals surface area contributed by atoms with Crippen LogP contribution in [0.4, 0.5) is 5.69 Å². The second-order valence-electron chi connectivity index (χ2n) is 7.98. The van der Waals surface area contributed by atoms with Crippen LogP contribution in [-0.4, -0.2) is 57.6 Å². The van der Waals surface area contributed by atoms with Gasteiger partial charge in [-0.3, -0.25) is 13.9 Å². The quantitative estimate of drug-likeness (QED) is 0.434. The second-order valence-corrected chi connectivity index (χ2v) is 10.7. The van der Waals surface area contributed by atoms with Crippen LogP contribution in [0, 0.1) is 0 Å². The van der Waals surface area contributed by atoms with Gasteiger partial charge in [-0.25, -0.2) is 8.42 Å². The third-order valence-electron chi connectivity index (χ3n) is 5.36. The molecule has 2 aromatic rings. The van der Waals surface area contributed by atoms with Crippen LogP contribution in [-0.2, 0) is 26.2 Å². The number of methoxy groups -OCH3 is 1. The number of sulfonamides is 1. The van der Waals surface area contributed by atoms with Crippen LogP contribution in [0.3, 0.4) is 0 Å². The summed E-state index contributed by atoms with van der Waals surface area (Å²) in [6.07, 6.45) is 1.39. The molecule has 0 spiro atoms. The molecule has 0 bridgehead atoms. The molecule has 0 heterocycles. The second kappa shape index (κ2) is 13.0. The summed E-state index contributed by atoms with van der Waals surface area (Å²) in [5.74, 6) is -0.100. The van der Waals surface area contributed by atoms with E-state index in [-0.39, 0.29) is 42.8 Å². The molecule has 1 N–H and O–H groups in total. The highest BCUT2D eigenvalue weighted by molar-refractivity contribution is 7.92. The Bertz CT molecular complexity index is 1130. The van der Waals surface area contributed by atoms with E-state index in [1.54, 1.807) is 50.2 Å². The number of halogens is 2. The van der Waals surface area contributed by atoms with Gasteiger partial charge < -0.3 is 15.0 Å². The zero-order valence-electron chi connectivity index (χ0n) is 20.3. The maximum absolute atomic E-state index is 13.2. The molecule has 11 heteroatoms. The van der Waals surface area contributed by atoms with Crippen molar-refractivity contribution in [1.29, 1.82) is 0 Å². The van der Waals surface area contributed by atoms with Crippen LogP contribution < -0.4 is 14.4 Å². The first-order valence-corrected chi connectivity index (χ1v) is 13.7. The predicted octanol–water partition coefficient (Wildman–Crippen LogP) is 4.10. The number of amides is 2. The number of benzene rings is 2. The molecule has 2 aromatic carbocycles. The number of hydrogen-bond donors (Lipinski definition) is 1. The van der Waals surface area contributed by atoms with E-state index in [4.69, 9.17) is 27.9 Å². The molecule has 0 radical (unpaired) electrons. The fraction of sp³-hybridized carbons (Fsp3) is 0.417. The van der Waals surface area contributed by atoms with Crippen LogP contribution in [0.5, 0.6) is 5.75 Å². The highest BCUT2D eigenvalue weighted by Crippen LogP contribution is 2.30. The Morgan fingerprint density at radius 2 is 1.77 bits per heavy atom. The molecule has 0 saturated carbocycles. The van der Waals surface area contributed by atoms with Gasteiger partial charge in [0.25, 0.3) is 0 Å². The van der Waals surface area contributed by atoms with Gasteiger partial charge in [-0.15, -0.1) is 0 Å². The van der Waals surface area contributed by atoms with Gasteiger partial charge in [0.2, 0.25) is 21.8 Å². The molecule has 192 valence electrons. The minimum Gasteiger partial charge on any atom is -0.495 e. The molecule has 35 heavy (non-hydrogen) atoms. The molecule has 0 unspecified atom stereocenters. The number of nitrogens with zero attached hydrogens (tertiary/aromatic N) is 2. The van der Waals surface area contributed by atoms with Crippen LogP contribution in [0.25, 0.3) is 0 Å². The molecule has 2 amide bonds. The van der Waals surface area contributed by atoms with Crippen molar-refractivity contribution < 1.29 is 22.7 Å². The average molecular weight is 545 g/mol. The Morgan fingerprint density at radius 3 is 2.31 bits per heavy atom. The van der Waals surface area contributed by atoms with Crippen LogP contribution in [0.2, 0.25) is 10.0 Å². The SMILES string of the molecule is CCNC(=O)[C@H](C)N(Cc1ccc(Cl)cc1)C(=O)CCCN(c1ccc(OC)c(Cl)c1)S(C)(=O)=O. The molecule has 0 aliphatic heterocycles. The van der Waals surface area contributed by atoms with E-state index in [1.165, 1.54) is 22.4 Å². The largest absolute Gasteiger partial charge is 0.495 e. The van der Waals surface area contributed by atoms with Crippen LogP contribution >= 0.6 is 23.2 Å². The first-order chi connectivity index (χ1) is 16.5. The van der Waals surface area contributed by atoms with E-state index >= 15 is 0 Å². The van der Waals surface area contributed by atoms with Crippen molar-refractivity contribution >= 4 is 50.7 Å². The lowest BCUT2D eigenvalue weighted by Crippen LogP contribution is -2.47. The van der Waals surface area contributed by atoms with Gasteiger partial charge in [-0.2, -0.15) is 0 Å². The van der Waals surface area contributed by atoms with Crippen molar-refractivity contribution in [1.82, 2.24) is 10.2 Å². The normalized spacial score (nSPS) is 12.1. The lowest BCUT2D eigenvalue weighted by Gasteiger charge is -2.29. The Balaban J connectivity index is 2.17. The summed E-state index contributed by atoms with van der Waals surface area (Å²) >= 11 is 12.1. The first kappa shape index (κ1) is 28.7. The molecule has 0 fully saturated rings. The molecular formula is C24H31Cl2N3O5S. The molecule has 2 rings (SSSR count). The average Bonchev–Trinajstić information content (AvgIpc) is 2.80. The minimum absolute atomic E-state index is 0.0489. The van der Waals surface area contributed by atoms with E-state index in [0.717, 1.165) is 11.8 Å². The molecule has 0 aliphatic rings. The van der Waals surface area contributed by atoms with Crippen molar-refractivity contribution in [3.63, 3.8) is 0 Å². The summed E-state index contributed by atoms with van der Waals surface area (Å²) in [4.78, 5) is 27.2. The lowest BCUT2D eigenvalue weighted by atomic mass is 10.1. The van der Waals surface area contributed by atoms with Crippen LogP contribution in [0.15, 0.2) is 42.5 Å². The number of nitrogens with one attached hydrogen (secondary N) is 1. The predicted molar refractivity (Wildman–Crippen MR) is 140 cm³/mol. The fourth-order valence-corrected chi connectivity index (χ4v) is 4.84. The van der Waals surface area contributed by atoms with Gasteiger partial charge in [0.15, 0.2) is 0 Å². The van der Waals surface area contributed by atoms with Gasteiger partial charge in [0.05, 0.1) is 24.1 Å². The smallest absolute Gasteiger partial charge is 0.242 e. The summed E-state index contributed by atoms with van der Waals surface area (Å²) in [5.41, 5.74) is 1.20. The van der Waals surface area contributed by atoms with Gasteiger partial charge in [-0.1, -0.05) is 35.3 Å². The molecule has 8 nitrogen and oxygen atoms in total. The third kappa shape index (κ3) is 8.30. The Hall–Kier alpha value is -2.49. The van der Waals surface area contributed by atoms with Gasteiger partial charge in [-0.05, 0) is 56.2 Å². The fourth-order valence-electron chi connectivity index (χ4n) is 3.51. The van der Waals surface area contributed by atoms with Crippen LogP contribution in [0.1, 0.15) is 32.3 Å². The van der Waals surface area contributed by atoms with E-state index < -0.39 is 16.1 Å². The van der Waals surface area contributed by atoms with Gasteiger partial charge in [0, 0.05) is 31.1 Å². The topological polar surface area (TPSA) is 96.0 Å². The zero-order valence-corrected chi connectivity index (χ0v) is 22.6. The molecule has 0 aromatic heterocycles. The number of anilines is 1. The summed E-state index contributed by atoms with van der Waals surface area (Å²) in [6.45, 7) is 4.21. The number of carbonyl (C=O) groups is 2. The third-order valence-corrected chi connectivity index (χ3v) is 7.10. The van der Waals surface area contributed by atoms with E-state index in [9.17, 15) is 18.0 Å². The number of likely N-dealkylation sites (N-methyl/N-ethyl adjacent to an activating group) is 1. The van der Waals surface area contributed by atoms with Crippen molar-refractivity contribution in [2.24, 2.45) is 0 Å². The lowest BCUT2D eigenvalue weighted by molar-refractivity contribution is -0.140. The molecular weight excluding hydrogens is 513 g/mol. The highest BCUT2D eigenvalue weighted by Gasteiger charge is 2.26. The molecule has 1 atom stereocenters. The number of hydrogen-bond acceptors (Lipinski definition) is 5.